The molecule has 0 aliphatic heterocycles. The van der Waals surface area contributed by atoms with Crippen molar-refractivity contribution < 1.29 is 18.6 Å². The summed E-state index contributed by atoms with van der Waals surface area (Å²) in [5, 5.41) is 10.5. The number of rotatable bonds is 3. The molecule has 1 aromatic carbocycles. The highest BCUT2D eigenvalue weighted by Gasteiger charge is 2.39. The maximum Gasteiger partial charge on any atom is 0.126 e. The Bertz CT molecular complexity index is 406. The van der Waals surface area contributed by atoms with Crippen molar-refractivity contribution in [2.24, 2.45) is 0 Å². The Hall–Kier alpha value is -1.00. The topological polar surface area (TPSA) is 29.5 Å². The molecule has 1 unspecified atom stereocenters. The van der Waals surface area contributed by atoms with Crippen LogP contribution < -0.4 is 0 Å². The molecule has 0 spiro atoms. The highest BCUT2D eigenvalue weighted by Crippen LogP contribution is 2.40. The van der Waals surface area contributed by atoms with Crippen molar-refractivity contribution in [3.8, 4) is 0 Å². The first-order valence-electron chi connectivity index (χ1n) is 6.77. The Morgan fingerprint density at radius 2 is 1.58 bits per heavy atom. The second kappa shape index (κ2) is 5.97. The number of ether oxygens (including phenoxy) is 1. The SMILES string of the molecule is COC1(C(O)c2cc(F)cc(F)c2)CCCCCC1. The van der Waals surface area contributed by atoms with Crippen molar-refractivity contribution in [2.75, 3.05) is 7.11 Å². The average Bonchev–Trinajstić information content (AvgIpc) is 2.63. The van der Waals surface area contributed by atoms with Gasteiger partial charge in [0, 0.05) is 13.2 Å². The van der Waals surface area contributed by atoms with E-state index in [4.69, 9.17) is 4.74 Å². The second-order valence-electron chi connectivity index (χ2n) is 5.29. The smallest absolute Gasteiger partial charge is 0.126 e. The molecule has 0 radical (unpaired) electrons. The van der Waals surface area contributed by atoms with Gasteiger partial charge in [-0.2, -0.15) is 0 Å². The van der Waals surface area contributed by atoms with Crippen LogP contribution in [0.2, 0.25) is 0 Å². The average molecular weight is 270 g/mol. The van der Waals surface area contributed by atoms with Gasteiger partial charge in [-0.15, -0.1) is 0 Å². The van der Waals surface area contributed by atoms with Gasteiger partial charge in [0.25, 0.3) is 0 Å². The molecule has 1 atom stereocenters. The van der Waals surface area contributed by atoms with Crippen molar-refractivity contribution >= 4 is 0 Å². The molecule has 1 aromatic rings. The second-order valence-corrected chi connectivity index (χ2v) is 5.29. The van der Waals surface area contributed by atoms with Crippen LogP contribution in [-0.4, -0.2) is 17.8 Å². The quantitative estimate of drug-likeness (QED) is 0.848. The molecule has 0 bridgehead atoms. The van der Waals surface area contributed by atoms with Crippen LogP contribution in [-0.2, 0) is 4.74 Å². The lowest BCUT2D eigenvalue weighted by atomic mass is 9.84. The Balaban J connectivity index is 2.30. The fourth-order valence-electron chi connectivity index (χ4n) is 2.95. The minimum absolute atomic E-state index is 0.251. The molecule has 1 N–H and O–H groups in total. The molecule has 1 fully saturated rings. The Kier molecular flexibility index (Phi) is 4.53. The summed E-state index contributed by atoms with van der Waals surface area (Å²) in [7, 11) is 1.56. The van der Waals surface area contributed by atoms with E-state index in [-0.39, 0.29) is 5.56 Å². The number of aliphatic hydroxyl groups is 1. The summed E-state index contributed by atoms with van der Waals surface area (Å²) in [5.41, 5.74) is -0.474. The van der Waals surface area contributed by atoms with Gasteiger partial charge in [0.05, 0.1) is 5.60 Å². The van der Waals surface area contributed by atoms with E-state index in [0.717, 1.165) is 31.7 Å². The molecular formula is C15H20F2O2. The van der Waals surface area contributed by atoms with Crippen LogP contribution >= 0.6 is 0 Å². The monoisotopic (exact) mass is 270 g/mol. The molecule has 2 rings (SSSR count). The molecule has 0 saturated heterocycles. The fourth-order valence-corrected chi connectivity index (χ4v) is 2.95. The Morgan fingerprint density at radius 1 is 1.05 bits per heavy atom. The normalized spacial score (nSPS) is 20.8. The predicted octanol–water partition coefficient (Wildman–Crippen LogP) is 3.74. The minimum Gasteiger partial charge on any atom is -0.385 e. The minimum atomic E-state index is -0.999. The van der Waals surface area contributed by atoms with Gasteiger partial charge in [-0.05, 0) is 30.5 Å². The molecule has 106 valence electrons. The van der Waals surface area contributed by atoms with E-state index in [0.29, 0.717) is 12.8 Å². The summed E-state index contributed by atoms with van der Waals surface area (Å²) in [6, 6.07) is 3.17. The number of methoxy groups -OCH3 is 1. The maximum absolute atomic E-state index is 13.3. The molecule has 1 aliphatic rings. The molecule has 0 aromatic heterocycles. The highest BCUT2D eigenvalue weighted by atomic mass is 19.1. The van der Waals surface area contributed by atoms with E-state index in [1.54, 1.807) is 7.11 Å². The van der Waals surface area contributed by atoms with Crippen molar-refractivity contribution in [3.05, 3.63) is 35.4 Å². The van der Waals surface area contributed by atoms with E-state index in [1.807, 2.05) is 0 Å². The van der Waals surface area contributed by atoms with E-state index in [9.17, 15) is 13.9 Å². The molecule has 19 heavy (non-hydrogen) atoms. The third kappa shape index (κ3) is 3.12. The molecule has 4 heteroatoms. The zero-order valence-electron chi connectivity index (χ0n) is 11.2. The third-order valence-corrected chi connectivity index (χ3v) is 4.06. The lowest BCUT2D eigenvalue weighted by Crippen LogP contribution is -2.38. The molecule has 0 amide bonds. The lowest BCUT2D eigenvalue weighted by molar-refractivity contribution is -0.114. The fraction of sp³-hybridized carbons (Fsp3) is 0.600. The van der Waals surface area contributed by atoms with Crippen LogP contribution in [0.1, 0.15) is 50.2 Å². The molecule has 2 nitrogen and oxygen atoms in total. The van der Waals surface area contributed by atoms with Gasteiger partial charge in [0.2, 0.25) is 0 Å². The van der Waals surface area contributed by atoms with Crippen molar-refractivity contribution in [2.45, 2.75) is 50.2 Å². The van der Waals surface area contributed by atoms with Crippen molar-refractivity contribution in [3.63, 3.8) is 0 Å². The molecule has 1 saturated carbocycles. The van der Waals surface area contributed by atoms with Crippen LogP contribution in [0.3, 0.4) is 0 Å². The van der Waals surface area contributed by atoms with E-state index < -0.39 is 23.3 Å². The Labute approximate surface area is 112 Å². The highest BCUT2D eigenvalue weighted by molar-refractivity contribution is 5.23. The van der Waals surface area contributed by atoms with E-state index in [1.165, 1.54) is 12.1 Å². The Morgan fingerprint density at radius 3 is 2.05 bits per heavy atom. The van der Waals surface area contributed by atoms with Gasteiger partial charge >= 0.3 is 0 Å². The molecular weight excluding hydrogens is 250 g/mol. The van der Waals surface area contributed by atoms with Gasteiger partial charge in [-0.25, -0.2) is 8.78 Å². The van der Waals surface area contributed by atoms with Crippen molar-refractivity contribution in [1.29, 1.82) is 0 Å². The summed E-state index contributed by atoms with van der Waals surface area (Å²) in [6.07, 6.45) is 4.56. The summed E-state index contributed by atoms with van der Waals surface area (Å²) in [6.45, 7) is 0. The van der Waals surface area contributed by atoms with Gasteiger partial charge in [0.15, 0.2) is 0 Å². The van der Waals surface area contributed by atoms with Crippen LogP contribution in [0.5, 0.6) is 0 Å². The number of hydrogen-bond donors (Lipinski definition) is 1. The summed E-state index contributed by atoms with van der Waals surface area (Å²) in [5.74, 6) is -1.34. The van der Waals surface area contributed by atoms with Gasteiger partial charge < -0.3 is 9.84 Å². The van der Waals surface area contributed by atoms with Crippen LogP contribution in [0.25, 0.3) is 0 Å². The van der Waals surface area contributed by atoms with E-state index >= 15 is 0 Å². The van der Waals surface area contributed by atoms with Crippen LogP contribution in [0.4, 0.5) is 8.78 Å². The summed E-state index contributed by atoms with van der Waals surface area (Å²) in [4.78, 5) is 0. The zero-order chi connectivity index (χ0) is 13.9. The maximum atomic E-state index is 13.3. The third-order valence-electron chi connectivity index (χ3n) is 4.06. The lowest BCUT2D eigenvalue weighted by Gasteiger charge is -2.36. The van der Waals surface area contributed by atoms with Crippen LogP contribution in [0, 0.1) is 11.6 Å². The van der Waals surface area contributed by atoms with Gasteiger partial charge in [0.1, 0.15) is 17.7 Å². The first-order chi connectivity index (χ1) is 9.07. The predicted molar refractivity (Wildman–Crippen MR) is 68.8 cm³/mol. The number of aliphatic hydroxyl groups excluding tert-OH is 1. The number of halogens is 2. The van der Waals surface area contributed by atoms with Crippen molar-refractivity contribution in [1.82, 2.24) is 0 Å². The summed E-state index contributed by atoms with van der Waals surface area (Å²) < 4.78 is 32.1. The first-order valence-corrected chi connectivity index (χ1v) is 6.77. The largest absolute Gasteiger partial charge is 0.385 e. The van der Waals surface area contributed by atoms with Gasteiger partial charge in [-0.3, -0.25) is 0 Å². The molecule has 0 heterocycles. The standard InChI is InChI=1S/C15H20F2O2/c1-19-15(6-4-2-3-5-7-15)14(18)11-8-12(16)10-13(17)9-11/h8-10,14,18H,2-7H2,1H3. The van der Waals surface area contributed by atoms with E-state index in [2.05, 4.69) is 0 Å². The molecule has 1 aliphatic carbocycles. The van der Waals surface area contributed by atoms with Gasteiger partial charge in [-0.1, -0.05) is 25.7 Å². The zero-order valence-corrected chi connectivity index (χ0v) is 11.2. The first kappa shape index (κ1) is 14.4. The van der Waals surface area contributed by atoms with Crippen LogP contribution in [0.15, 0.2) is 18.2 Å². The summed E-state index contributed by atoms with van der Waals surface area (Å²) >= 11 is 0. The number of hydrogen-bond acceptors (Lipinski definition) is 2. The number of benzene rings is 1.